The Hall–Kier alpha value is -0.890. The smallest absolute Gasteiger partial charge is 0.164 e. The zero-order valence-electron chi connectivity index (χ0n) is 8.36. The van der Waals surface area contributed by atoms with Crippen LogP contribution in [0.2, 0.25) is 0 Å². The molecule has 0 aromatic rings. The Bertz CT molecular complexity index is 342. The number of likely N-dealkylation sites (N-methyl/N-ethyl adjacent to an activating group) is 1. The molecule has 0 aromatic carbocycles. The van der Waals surface area contributed by atoms with E-state index in [4.69, 9.17) is 0 Å². The van der Waals surface area contributed by atoms with Gasteiger partial charge in [-0.05, 0) is 31.2 Å². The summed E-state index contributed by atoms with van der Waals surface area (Å²) in [6.45, 7) is 0.741. The van der Waals surface area contributed by atoms with E-state index < -0.39 is 0 Å². The molecule has 4 atom stereocenters. The van der Waals surface area contributed by atoms with E-state index in [1.807, 2.05) is 7.05 Å². The lowest BCUT2D eigenvalue weighted by Crippen LogP contribution is -2.23. The molecule has 1 fully saturated rings. The van der Waals surface area contributed by atoms with Crippen LogP contribution in [-0.2, 0) is 4.79 Å². The fourth-order valence-electron chi connectivity index (χ4n) is 3.32. The summed E-state index contributed by atoms with van der Waals surface area (Å²) < 4.78 is 0. The van der Waals surface area contributed by atoms with E-state index >= 15 is 0 Å². The molecule has 0 aliphatic heterocycles. The molecule has 0 unspecified atom stereocenters. The van der Waals surface area contributed by atoms with Crippen molar-refractivity contribution < 1.29 is 4.79 Å². The van der Waals surface area contributed by atoms with Crippen molar-refractivity contribution >= 4 is 5.78 Å². The Morgan fingerprint density at radius 3 is 2.93 bits per heavy atom. The highest BCUT2D eigenvalue weighted by atomic mass is 16.1. The van der Waals surface area contributed by atoms with Crippen LogP contribution in [0.5, 0.6) is 0 Å². The van der Waals surface area contributed by atoms with Crippen molar-refractivity contribution in [3.8, 4) is 0 Å². The van der Waals surface area contributed by atoms with Crippen molar-refractivity contribution in [3.63, 3.8) is 0 Å². The highest BCUT2D eigenvalue weighted by Gasteiger charge is 2.50. The molecule has 0 amide bonds. The van der Waals surface area contributed by atoms with Gasteiger partial charge in [0.2, 0.25) is 0 Å². The van der Waals surface area contributed by atoms with E-state index in [1.165, 1.54) is 6.42 Å². The molecule has 3 rings (SSSR count). The summed E-state index contributed by atoms with van der Waals surface area (Å²) in [5, 5.41) is 3.07. The average molecular weight is 189 g/mol. The monoisotopic (exact) mass is 189 g/mol. The maximum Gasteiger partial charge on any atom is 0.164 e. The Kier molecular flexibility index (Phi) is 1.68. The topological polar surface area (TPSA) is 29.1 Å². The first-order valence-electron chi connectivity index (χ1n) is 5.39. The molecule has 1 N–H and O–H groups in total. The van der Waals surface area contributed by atoms with Crippen molar-refractivity contribution in [1.82, 2.24) is 5.32 Å². The largest absolute Gasteiger partial charge is 0.316 e. The summed E-state index contributed by atoms with van der Waals surface area (Å²) in [4.78, 5) is 12.0. The number of carbonyl (C=O) groups excluding carboxylic acids is 1. The summed E-state index contributed by atoms with van der Waals surface area (Å²) >= 11 is 0. The molecule has 74 valence electrons. The van der Waals surface area contributed by atoms with Crippen LogP contribution in [0.1, 0.15) is 6.42 Å². The zero-order valence-corrected chi connectivity index (χ0v) is 8.36. The van der Waals surface area contributed by atoms with Crippen LogP contribution >= 0.6 is 0 Å². The number of carbonyl (C=O) groups is 1. The third kappa shape index (κ3) is 0.921. The standard InChI is InChI=1S/C12H15NO/c1-13-6-9-5-10-7-2-3-8(4-7)11(10)12(9)14/h2-3,5,7-8,10-11,13H,4,6H2,1H3/t7-,8+,10+,11-/m1/s1. The van der Waals surface area contributed by atoms with Crippen molar-refractivity contribution in [1.29, 1.82) is 0 Å². The molecule has 2 bridgehead atoms. The van der Waals surface area contributed by atoms with E-state index in [0.717, 1.165) is 12.1 Å². The first-order chi connectivity index (χ1) is 6.81. The fourth-order valence-corrected chi connectivity index (χ4v) is 3.32. The quantitative estimate of drug-likeness (QED) is 0.660. The van der Waals surface area contributed by atoms with Crippen LogP contribution in [0.3, 0.4) is 0 Å². The molecular weight excluding hydrogens is 174 g/mol. The maximum atomic E-state index is 12.0. The van der Waals surface area contributed by atoms with Crippen LogP contribution in [0.25, 0.3) is 0 Å². The highest BCUT2D eigenvalue weighted by Crippen LogP contribution is 2.52. The SMILES string of the molecule is CNCC1=C[C@@H]2[C@H](C1=O)[C@H]1C=C[C@@H]2C1. The maximum absolute atomic E-state index is 12.0. The van der Waals surface area contributed by atoms with Gasteiger partial charge in [-0.25, -0.2) is 0 Å². The Balaban J connectivity index is 1.90. The molecule has 3 aliphatic carbocycles. The van der Waals surface area contributed by atoms with E-state index in [2.05, 4.69) is 23.5 Å². The van der Waals surface area contributed by atoms with E-state index in [1.54, 1.807) is 0 Å². The second kappa shape index (κ2) is 2.80. The number of rotatable bonds is 2. The first kappa shape index (κ1) is 8.42. The molecule has 0 radical (unpaired) electrons. The van der Waals surface area contributed by atoms with Gasteiger partial charge in [0, 0.05) is 18.0 Å². The van der Waals surface area contributed by atoms with Crippen molar-refractivity contribution in [2.75, 3.05) is 13.6 Å². The van der Waals surface area contributed by atoms with E-state index in [0.29, 0.717) is 29.5 Å². The molecule has 2 nitrogen and oxygen atoms in total. The third-order valence-electron chi connectivity index (χ3n) is 3.90. The highest BCUT2D eigenvalue weighted by molar-refractivity contribution is 6.01. The summed E-state index contributed by atoms with van der Waals surface area (Å²) in [7, 11) is 1.90. The normalized spacial score (nSPS) is 43.2. The van der Waals surface area contributed by atoms with E-state index in [9.17, 15) is 4.79 Å². The minimum absolute atomic E-state index is 0.299. The van der Waals surface area contributed by atoms with Gasteiger partial charge in [0.15, 0.2) is 5.78 Å². The first-order valence-corrected chi connectivity index (χ1v) is 5.39. The predicted octanol–water partition coefficient (Wildman–Crippen LogP) is 1.15. The van der Waals surface area contributed by atoms with Gasteiger partial charge in [-0.3, -0.25) is 4.79 Å². The van der Waals surface area contributed by atoms with Gasteiger partial charge in [-0.15, -0.1) is 0 Å². The third-order valence-corrected chi connectivity index (χ3v) is 3.90. The summed E-state index contributed by atoms with van der Waals surface area (Å²) in [6.07, 6.45) is 7.99. The summed E-state index contributed by atoms with van der Waals surface area (Å²) in [5.41, 5.74) is 1.01. The minimum atomic E-state index is 0.299. The number of nitrogens with one attached hydrogen (secondary N) is 1. The lowest BCUT2D eigenvalue weighted by molar-refractivity contribution is -0.119. The van der Waals surface area contributed by atoms with Gasteiger partial charge in [0.05, 0.1) is 0 Å². The Labute approximate surface area is 84.1 Å². The molecule has 0 saturated heterocycles. The molecule has 3 aliphatic rings. The zero-order chi connectivity index (χ0) is 9.71. The minimum Gasteiger partial charge on any atom is -0.316 e. The van der Waals surface area contributed by atoms with Crippen LogP contribution in [0, 0.1) is 23.7 Å². The van der Waals surface area contributed by atoms with Crippen LogP contribution in [0.4, 0.5) is 0 Å². The number of fused-ring (bicyclic) bond motifs is 5. The Morgan fingerprint density at radius 1 is 1.43 bits per heavy atom. The fraction of sp³-hybridized carbons (Fsp3) is 0.583. The van der Waals surface area contributed by atoms with Crippen LogP contribution in [0.15, 0.2) is 23.8 Å². The molecule has 2 heteroatoms. The van der Waals surface area contributed by atoms with Gasteiger partial charge in [-0.2, -0.15) is 0 Å². The number of hydrogen-bond donors (Lipinski definition) is 1. The molecule has 0 heterocycles. The Morgan fingerprint density at radius 2 is 2.21 bits per heavy atom. The average Bonchev–Trinajstić information content (AvgIpc) is 2.81. The van der Waals surface area contributed by atoms with Crippen molar-refractivity contribution in [2.24, 2.45) is 23.7 Å². The molecular formula is C12H15NO. The lowest BCUT2D eigenvalue weighted by atomic mass is 9.85. The summed E-state index contributed by atoms with van der Waals surface area (Å²) in [5.74, 6) is 2.43. The second-order valence-corrected chi connectivity index (χ2v) is 4.64. The number of allylic oxidation sites excluding steroid dienone is 3. The van der Waals surface area contributed by atoms with E-state index in [-0.39, 0.29) is 0 Å². The molecule has 1 saturated carbocycles. The van der Waals surface area contributed by atoms with Gasteiger partial charge >= 0.3 is 0 Å². The molecule has 0 spiro atoms. The molecule has 14 heavy (non-hydrogen) atoms. The van der Waals surface area contributed by atoms with Gasteiger partial charge < -0.3 is 5.32 Å². The van der Waals surface area contributed by atoms with Crippen LogP contribution < -0.4 is 5.32 Å². The number of Topliss-reactive ketones (excluding diaryl/α,β-unsaturated/α-hetero) is 1. The number of hydrogen-bond acceptors (Lipinski definition) is 2. The van der Waals surface area contributed by atoms with Crippen molar-refractivity contribution in [3.05, 3.63) is 23.8 Å². The van der Waals surface area contributed by atoms with Gasteiger partial charge in [0.25, 0.3) is 0 Å². The number of ketones is 1. The van der Waals surface area contributed by atoms with Gasteiger partial charge in [0.1, 0.15) is 0 Å². The van der Waals surface area contributed by atoms with Crippen molar-refractivity contribution in [2.45, 2.75) is 6.42 Å². The molecule has 0 aromatic heterocycles. The lowest BCUT2D eigenvalue weighted by Gasteiger charge is -2.17. The van der Waals surface area contributed by atoms with Crippen LogP contribution in [-0.4, -0.2) is 19.4 Å². The summed E-state index contributed by atoms with van der Waals surface area (Å²) in [6, 6.07) is 0. The van der Waals surface area contributed by atoms with Gasteiger partial charge in [-0.1, -0.05) is 18.2 Å². The second-order valence-electron chi connectivity index (χ2n) is 4.64. The predicted molar refractivity (Wildman–Crippen MR) is 54.7 cm³/mol.